The number of rotatable bonds is 4. The van der Waals surface area contributed by atoms with Gasteiger partial charge in [-0.15, -0.1) is 12.4 Å². The maximum absolute atomic E-state index is 11.5. The van der Waals surface area contributed by atoms with E-state index in [4.69, 9.17) is 0 Å². The van der Waals surface area contributed by atoms with Crippen LogP contribution >= 0.6 is 12.4 Å². The summed E-state index contributed by atoms with van der Waals surface area (Å²) in [6, 6.07) is 0. The maximum atomic E-state index is 11.5. The minimum absolute atomic E-state index is 0. The molecule has 0 aromatic rings. The highest BCUT2D eigenvalue weighted by atomic mass is 35.5. The van der Waals surface area contributed by atoms with Gasteiger partial charge in [-0.2, -0.15) is 0 Å². The number of carbonyl (C=O) groups excluding carboxylic acids is 1. The molecule has 0 aromatic heterocycles. The van der Waals surface area contributed by atoms with Crippen LogP contribution in [0, 0.1) is 11.8 Å². The summed E-state index contributed by atoms with van der Waals surface area (Å²) in [6.07, 6.45) is 8.14. The van der Waals surface area contributed by atoms with Gasteiger partial charge in [-0.05, 0) is 12.3 Å². The highest BCUT2D eigenvalue weighted by Gasteiger charge is 2.24. The van der Waals surface area contributed by atoms with Crippen molar-refractivity contribution in [3.8, 4) is 0 Å². The summed E-state index contributed by atoms with van der Waals surface area (Å²) in [5.41, 5.74) is 0. The first kappa shape index (κ1) is 13.8. The summed E-state index contributed by atoms with van der Waals surface area (Å²) in [5.74, 6) is 1.37. The van der Waals surface area contributed by atoms with Gasteiger partial charge in [0, 0.05) is 19.6 Å². The fourth-order valence-electron chi connectivity index (χ4n) is 2.49. The van der Waals surface area contributed by atoms with E-state index in [2.05, 4.69) is 10.6 Å². The summed E-state index contributed by atoms with van der Waals surface area (Å²) in [6.45, 7) is 2.63. The van der Waals surface area contributed by atoms with Crippen LogP contribution < -0.4 is 10.6 Å². The van der Waals surface area contributed by atoms with Crippen molar-refractivity contribution in [1.29, 1.82) is 0 Å². The first-order valence-electron chi connectivity index (χ1n) is 6.34. The molecule has 0 atom stereocenters. The average molecular weight is 247 g/mol. The zero-order chi connectivity index (χ0) is 10.5. The summed E-state index contributed by atoms with van der Waals surface area (Å²) >= 11 is 0. The number of halogens is 1. The van der Waals surface area contributed by atoms with Gasteiger partial charge < -0.3 is 10.6 Å². The molecule has 1 aliphatic carbocycles. The van der Waals surface area contributed by atoms with E-state index in [1.54, 1.807) is 0 Å². The van der Waals surface area contributed by atoms with Crippen molar-refractivity contribution in [2.45, 2.75) is 38.5 Å². The number of carbonyl (C=O) groups is 1. The molecule has 2 fully saturated rings. The molecule has 16 heavy (non-hydrogen) atoms. The van der Waals surface area contributed by atoms with E-state index in [0.29, 0.717) is 0 Å². The van der Waals surface area contributed by atoms with Crippen LogP contribution in [0.15, 0.2) is 0 Å². The summed E-state index contributed by atoms with van der Waals surface area (Å²) in [5, 5.41) is 6.17. The Morgan fingerprint density at radius 1 is 1.19 bits per heavy atom. The van der Waals surface area contributed by atoms with Crippen LogP contribution in [0.5, 0.6) is 0 Å². The van der Waals surface area contributed by atoms with Gasteiger partial charge >= 0.3 is 0 Å². The lowest BCUT2D eigenvalue weighted by molar-refractivity contribution is -0.126. The van der Waals surface area contributed by atoms with Gasteiger partial charge in [0.25, 0.3) is 0 Å². The molecule has 1 aliphatic heterocycles. The van der Waals surface area contributed by atoms with E-state index >= 15 is 0 Å². The quantitative estimate of drug-likeness (QED) is 0.793. The Bertz CT molecular complexity index is 213. The molecule has 0 unspecified atom stereocenters. The van der Waals surface area contributed by atoms with Crippen molar-refractivity contribution in [1.82, 2.24) is 10.6 Å². The van der Waals surface area contributed by atoms with Crippen molar-refractivity contribution < 1.29 is 4.79 Å². The van der Waals surface area contributed by atoms with Gasteiger partial charge in [0.05, 0.1) is 5.92 Å². The third-order valence-electron chi connectivity index (χ3n) is 3.73. The average Bonchev–Trinajstić information content (AvgIpc) is 2.16. The normalized spacial score (nSPS) is 22.0. The topological polar surface area (TPSA) is 41.1 Å². The van der Waals surface area contributed by atoms with Crippen LogP contribution in [-0.2, 0) is 4.79 Å². The Morgan fingerprint density at radius 2 is 1.88 bits per heavy atom. The molecule has 1 saturated heterocycles. The molecule has 0 radical (unpaired) electrons. The maximum Gasteiger partial charge on any atom is 0.225 e. The summed E-state index contributed by atoms with van der Waals surface area (Å²) < 4.78 is 0. The van der Waals surface area contributed by atoms with Crippen LogP contribution in [0.4, 0.5) is 0 Å². The van der Waals surface area contributed by atoms with E-state index in [1.807, 2.05) is 0 Å². The molecule has 0 bridgehead atoms. The minimum Gasteiger partial charge on any atom is -0.356 e. The molecular weight excluding hydrogens is 224 g/mol. The molecule has 2 N–H and O–H groups in total. The molecule has 3 nitrogen and oxygen atoms in total. The highest BCUT2D eigenvalue weighted by Crippen LogP contribution is 2.25. The highest BCUT2D eigenvalue weighted by molar-refractivity contribution is 5.85. The van der Waals surface area contributed by atoms with Crippen molar-refractivity contribution in [2.24, 2.45) is 11.8 Å². The van der Waals surface area contributed by atoms with Crippen LogP contribution in [0.2, 0.25) is 0 Å². The molecule has 1 heterocycles. The first-order chi connectivity index (χ1) is 7.36. The van der Waals surface area contributed by atoms with Crippen molar-refractivity contribution in [2.75, 3.05) is 19.6 Å². The predicted octanol–water partition coefficient (Wildman–Crippen LogP) is 1.71. The van der Waals surface area contributed by atoms with Gasteiger partial charge in [-0.1, -0.05) is 32.1 Å². The Hall–Kier alpha value is -0.280. The number of hydrogen-bond acceptors (Lipinski definition) is 2. The van der Waals surface area contributed by atoms with Crippen molar-refractivity contribution in [3.05, 3.63) is 0 Å². The van der Waals surface area contributed by atoms with Gasteiger partial charge in [0.2, 0.25) is 5.91 Å². The molecule has 2 rings (SSSR count). The standard InChI is InChI=1S/C12H22N2O.ClH/c15-12(11-8-13-9-11)14-7-6-10-4-2-1-3-5-10;/h10-11,13H,1-9H2,(H,14,15);1H. The second kappa shape index (κ2) is 7.13. The third-order valence-corrected chi connectivity index (χ3v) is 3.73. The molecule has 1 saturated carbocycles. The summed E-state index contributed by atoms with van der Waals surface area (Å²) in [7, 11) is 0. The molecule has 4 heteroatoms. The molecule has 1 amide bonds. The van der Waals surface area contributed by atoms with E-state index in [1.165, 1.54) is 38.5 Å². The van der Waals surface area contributed by atoms with Crippen LogP contribution in [0.25, 0.3) is 0 Å². The SMILES string of the molecule is Cl.O=C(NCCC1CCCCC1)C1CNC1. The Morgan fingerprint density at radius 3 is 2.44 bits per heavy atom. The molecule has 2 aliphatic rings. The molecule has 0 aromatic carbocycles. The minimum atomic E-state index is 0. The Kier molecular flexibility index (Phi) is 6.14. The van der Waals surface area contributed by atoms with E-state index < -0.39 is 0 Å². The Labute approximate surface area is 104 Å². The van der Waals surface area contributed by atoms with Gasteiger partial charge in [0.15, 0.2) is 0 Å². The number of amides is 1. The lowest BCUT2D eigenvalue weighted by Crippen LogP contribution is -2.51. The van der Waals surface area contributed by atoms with Crippen molar-refractivity contribution in [3.63, 3.8) is 0 Å². The second-order valence-electron chi connectivity index (χ2n) is 4.94. The number of nitrogens with one attached hydrogen (secondary N) is 2. The largest absolute Gasteiger partial charge is 0.356 e. The predicted molar refractivity (Wildman–Crippen MR) is 67.8 cm³/mol. The fraction of sp³-hybridized carbons (Fsp3) is 0.917. The molecule has 0 spiro atoms. The van der Waals surface area contributed by atoms with Crippen LogP contribution in [0.3, 0.4) is 0 Å². The van der Waals surface area contributed by atoms with Gasteiger partial charge in [0.1, 0.15) is 0 Å². The van der Waals surface area contributed by atoms with Crippen LogP contribution in [-0.4, -0.2) is 25.5 Å². The van der Waals surface area contributed by atoms with Gasteiger partial charge in [-0.25, -0.2) is 0 Å². The molecular formula is C12H23ClN2O. The monoisotopic (exact) mass is 246 g/mol. The van der Waals surface area contributed by atoms with Crippen molar-refractivity contribution >= 4 is 18.3 Å². The third kappa shape index (κ3) is 3.95. The van der Waals surface area contributed by atoms with E-state index in [9.17, 15) is 4.79 Å². The Balaban J connectivity index is 0.00000128. The second-order valence-corrected chi connectivity index (χ2v) is 4.94. The zero-order valence-electron chi connectivity index (χ0n) is 9.84. The van der Waals surface area contributed by atoms with E-state index in [0.717, 1.165) is 25.6 Å². The fourth-order valence-corrected chi connectivity index (χ4v) is 2.49. The smallest absolute Gasteiger partial charge is 0.225 e. The zero-order valence-corrected chi connectivity index (χ0v) is 10.7. The van der Waals surface area contributed by atoms with Crippen LogP contribution in [0.1, 0.15) is 38.5 Å². The summed E-state index contributed by atoms with van der Waals surface area (Å²) in [4.78, 5) is 11.5. The lowest BCUT2D eigenvalue weighted by atomic mass is 9.87. The lowest BCUT2D eigenvalue weighted by Gasteiger charge is -2.26. The van der Waals surface area contributed by atoms with Gasteiger partial charge in [-0.3, -0.25) is 4.79 Å². The molecule has 94 valence electrons. The number of hydrogen-bond donors (Lipinski definition) is 2. The van der Waals surface area contributed by atoms with E-state index in [-0.39, 0.29) is 24.2 Å². The first-order valence-corrected chi connectivity index (χ1v) is 6.34.